The number of nitro benzene ring substituents is 2. The number of imidazole rings is 4. The molecule has 1 amide bonds. The third-order valence-electron chi connectivity index (χ3n) is 24.2. The van der Waals surface area contributed by atoms with Crippen molar-refractivity contribution in [2.45, 2.75) is 25.7 Å². The van der Waals surface area contributed by atoms with Gasteiger partial charge in [-0.15, -0.1) is 0 Å². The Hall–Kier alpha value is -17.0. The number of aryl methyl sites for hydroxylation is 4. The van der Waals surface area contributed by atoms with Gasteiger partial charge in [-0.1, -0.05) is 61.7 Å². The topological polar surface area (TPSA) is 441 Å². The summed E-state index contributed by atoms with van der Waals surface area (Å²) in [5.41, 5.74) is 17.2. The molecule has 16 aromatic rings. The first-order chi connectivity index (χ1) is 71.7. The van der Waals surface area contributed by atoms with Crippen LogP contribution in [0.4, 0.5) is 44.2 Å². The molecule has 0 fully saturated rings. The van der Waals surface area contributed by atoms with Crippen LogP contribution in [0.5, 0.6) is 23.0 Å². The summed E-state index contributed by atoms with van der Waals surface area (Å²) in [6.07, 6.45) is 9.66. The number of anilines is 5. The van der Waals surface area contributed by atoms with Crippen molar-refractivity contribution in [2.75, 3.05) is 191 Å². The number of hydrogen-bond acceptors (Lipinski definition) is 31. The number of likely N-dealkylation sites (N-methyl/N-ethyl adjacent to an activating group) is 8. The van der Waals surface area contributed by atoms with Crippen LogP contribution in [0.1, 0.15) is 45.6 Å². The molecule has 150 heavy (non-hydrogen) atoms. The third kappa shape index (κ3) is 27.8. The Bertz CT molecular complexity index is 7800. The van der Waals surface area contributed by atoms with Gasteiger partial charge in [0.15, 0.2) is 0 Å². The molecule has 0 aliphatic rings. The molecule has 0 aliphatic heterocycles. The SMILES string of the molecule is C=CC(=O)Cl.C=CC(=O)Nc1cc(Cc2nccc(-n3c(=O)n(C)c4ccccc43)n2)c(OC)cc1N(C)CCN(C)C.CNCCN(C)C.COc1cc(F)c([N+](=O)[O-])cc1Cc1nccc(-n2c(=O)n(C)c3ccccc32)n1.COc1cc(N(C)CCN(C)C)c(N)cc1Cc1nccc(-n2c(=O)n(C)c3ccccc32)n1.COc1cc(N(C)CCN(C)C)c([N+](=O)[O-])cc1Cc1nccc(-n2c(=O)n(C)c3ccccc32)n1. The highest BCUT2D eigenvalue weighted by Crippen LogP contribution is 2.39. The largest absolute Gasteiger partial charge is 0.496 e. The van der Waals surface area contributed by atoms with E-state index in [1.54, 1.807) is 114 Å². The summed E-state index contributed by atoms with van der Waals surface area (Å²) in [7, 11) is 36.9. The van der Waals surface area contributed by atoms with Crippen molar-refractivity contribution in [3.63, 3.8) is 0 Å². The summed E-state index contributed by atoms with van der Waals surface area (Å²) < 4.78 is 48.5. The molecule has 0 unspecified atom stereocenters. The van der Waals surface area contributed by atoms with Crippen LogP contribution in [0.2, 0.25) is 0 Å². The quantitative estimate of drug-likeness (QED) is 0.0108. The molecule has 0 bridgehead atoms. The van der Waals surface area contributed by atoms with E-state index in [-0.39, 0.29) is 52.9 Å². The molecule has 0 spiro atoms. The minimum absolute atomic E-state index is 0.0199. The van der Waals surface area contributed by atoms with Crippen LogP contribution in [0.15, 0.2) is 239 Å². The number of hydrogen-bond donors (Lipinski definition) is 3. The maximum absolute atomic E-state index is 13.9. The fourth-order valence-electron chi connectivity index (χ4n) is 16.1. The number of fused-ring (bicyclic) bond motifs is 4. The Labute approximate surface area is 870 Å². The summed E-state index contributed by atoms with van der Waals surface area (Å²) in [4.78, 5) is 145. The molecular weight excluding hydrogens is 1940 g/mol. The molecule has 0 saturated heterocycles. The monoisotopic (exact) mass is 2070 g/mol. The molecule has 0 saturated carbocycles. The molecule has 788 valence electrons. The minimum atomic E-state index is -0.988. The van der Waals surface area contributed by atoms with Gasteiger partial charge in [0, 0.05) is 211 Å². The van der Waals surface area contributed by atoms with Crippen LogP contribution in [-0.2, 0) is 63.5 Å². The van der Waals surface area contributed by atoms with Gasteiger partial charge in [0.05, 0.1) is 105 Å². The van der Waals surface area contributed by atoms with E-state index in [2.05, 4.69) is 92.3 Å². The van der Waals surface area contributed by atoms with Gasteiger partial charge in [-0.05, 0) is 172 Å². The summed E-state index contributed by atoms with van der Waals surface area (Å²) in [5, 5.41) is 28.5. The zero-order valence-corrected chi connectivity index (χ0v) is 88.5. The van der Waals surface area contributed by atoms with Crippen molar-refractivity contribution in [3.8, 4) is 46.3 Å². The van der Waals surface area contributed by atoms with Crippen LogP contribution >= 0.6 is 11.6 Å². The number of amides is 1. The highest BCUT2D eigenvalue weighted by molar-refractivity contribution is 6.66. The second-order valence-electron chi connectivity index (χ2n) is 35.7. The van der Waals surface area contributed by atoms with E-state index in [0.29, 0.717) is 111 Å². The molecule has 0 atom stereocenters. The highest BCUT2D eigenvalue weighted by Gasteiger charge is 2.28. The van der Waals surface area contributed by atoms with Crippen molar-refractivity contribution < 1.29 is 42.8 Å². The van der Waals surface area contributed by atoms with Crippen molar-refractivity contribution in [2.24, 2.45) is 28.2 Å². The normalized spacial score (nSPS) is 11.0. The van der Waals surface area contributed by atoms with Gasteiger partial charge >= 0.3 is 28.4 Å². The number of rotatable bonds is 36. The summed E-state index contributed by atoms with van der Waals surface area (Å²) >= 11 is 4.71. The first kappa shape index (κ1) is 113. The van der Waals surface area contributed by atoms with E-state index in [1.807, 2.05) is 202 Å². The van der Waals surface area contributed by atoms with E-state index in [4.69, 9.17) is 46.3 Å². The fourth-order valence-corrected chi connectivity index (χ4v) is 16.1. The number of nitrogens with two attached hydrogens (primary N) is 1. The number of nitrogens with zero attached hydrogens (tertiary/aromatic N) is 25. The van der Waals surface area contributed by atoms with Gasteiger partial charge in [0.2, 0.25) is 17.0 Å². The lowest BCUT2D eigenvalue weighted by Gasteiger charge is -2.25. The number of para-hydroxylation sites is 8. The number of halogens is 2. The number of aromatic nitrogens is 16. The molecule has 44 heteroatoms. The van der Waals surface area contributed by atoms with E-state index >= 15 is 0 Å². The molecule has 0 aliphatic carbocycles. The van der Waals surface area contributed by atoms with Crippen molar-refractivity contribution >= 4 is 107 Å². The van der Waals surface area contributed by atoms with Gasteiger partial charge in [-0.3, -0.25) is 48.1 Å². The third-order valence-corrected chi connectivity index (χ3v) is 24.3. The summed E-state index contributed by atoms with van der Waals surface area (Å²) in [5.74, 6) is 4.30. The second kappa shape index (κ2) is 52.4. The Morgan fingerprint density at radius 3 is 0.980 bits per heavy atom. The van der Waals surface area contributed by atoms with E-state index in [0.717, 1.165) is 131 Å². The smallest absolute Gasteiger partial charge is 0.334 e. The lowest BCUT2D eigenvalue weighted by atomic mass is 10.1. The Balaban J connectivity index is 0.000000183. The van der Waals surface area contributed by atoms with E-state index < -0.39 is 26.6 Å². The standard InChI is InChI=1S/C28H33N7O3.C25H29N7O4.C25H31N7O2.C20H16FN5O4.C5H14N2.C3H3ClO/c1-7-27(36)30-20-16-19(24(38-6)18-23(20)33(4)15-14-32(2)3)17-25-29-13-12-26(31-25)35-22-11-9-8-10-21(22)34(5)28(35)37;1-28(2)12-13-29(3)20-16-22(36-5)17(14-21(20)32(34)35)15-23-26-11-10-24(27-23)31-19-9-7-6-8-18(19)30(4)25(31)33;1-29(2)12-13-30(3)21-16-22(34-5)17(14-18(21)26)15-23-27-11-10-24(28-23)32-20-9-7-6-8-19(20)31(4)25(32)33;1-24-14-5-3-4-6-15(14)25(20(24)27)19-7-8-22-18(23-19)10-12-9-16(26(28)29)13(21)11-17(12)30-2;1-6-4-5-7(2)3;1-2-3(4)5/h7-13,16,18H,1,14-15,17H2,2-6H3,(H,30,36);6-11,14,16H,12-13,15H2,1-5H3;6-11,14,16H,12-13,15,26H2,1-5H3;3-9,11H,10H2,1-2H3;6H,4-5H2,1-3H3;2H,1H2. The Morgan fingerprint density at radius 1 is 0.407 bits per heavy atom. The van der Waals surface area contributed by atoms with Crippen molar-refractivity contribution in [1.82, 2.24) is 101 Å². The maximum atomic E-state index is 13.9. The van der Waals surface area contributed by atoms with Crippen LogP contribution in [0, 0.1) is 26.0 Å². The number of nitro groups is 2. The van der Waals surface area contributed by atoms with E-state index in [9.17, 15) is 53.4 Å². The van der Waals surface area contributed by atoms with Gasteiger partial charge in [-0.25, -0.2) is 77.3 Å². The zero-order valence-electron chi connectivity index (χ0n) is 87.8. The van der Waals surface area contributed by atoms with Crippen molar-refractivity contribution in [1.29, 1.82) is 0 Å². The first-order valence-corrected chi connectivity index (χ1v) is 47.7. The summed E-state index contributed by atoms with van der Waals surface area (Å²) in [6, 6.07) is 49.6. The number of allylic oxidation sites excluding steroid dienone is 1. The maximum Gasteiger partial charge on any atom is 0.334 e. The number of carbonyl (C=O) groups is 2. The Kier molecular flexibility index (Phi) is 39.6. The average Bonchev–Trinajstić information content (AvgIpc) is 1.62. The molecule has 4 N–H and O–H groups in total. The minimum Gasteiger partial charge on any atom is -0.496 e. The first-order valence-electron chi connectivity index (χ1n) is 47.3. The molecular formula is C106H126ClFN28O14. The predicted octanol–water partition coefficient (Wildman–Crippen LogP) is 11.2. The number of carbonyl (C=O) groups excluding carboxylic acids is 2. The second-order valence-corrected chi connectivity index (χ2v) is 36.0. The molecule has 8 aromatic carbocycles. The molecule has 8 aromatic heterocycles. The van der Waals surface area contributed by atoms with Gasteiger partial charge in [0.25, 0.3) is 5.69 Å². The lowest BCUT2D eigenvalue weighted by Crippen LogP contribution is -2.29. The lowest BCUT2D eigenvalue weighted by molar-refractivity contribution is -0.387. The predicted molar refractivity (Wildman–Crippen MR) is 585 cm³/mol. The number of nitrogen functional groups attached to an aromatic ring is 1. The number of nitrogens with one attached hydrogen (secondary N) is 2. The number of methoxy groups -OCH3 is 4. The van der Waals surface area contributed by atoms with Crippen LogP contribution < -0.4 is 72.8 Å². The zero-order chi connectivity index (χ0) is 109. The van der Waals surface area contributed by atoms with Crippen LogP contribution in [-0.4, -0.2) is 282 Å². The molecule has 16 rings (SSSR count). The Morgan fingerprint density at radius 2 is 0.687 bits per heavy atom. The van der Waals surface area contributed by atoms with Crippen molar-refractivity contribution in [3.05, 3.63) is 333 Å². The number of benzene rings is 8. The van der Waals surface area contributed by atoms with Gasteiger partial charge < -0.3 is 69.6 Å². The molecule has 42 nitrogen and oxygen atoms in total. The molecule has 0 radical (unpaired) electrons. The average molecular weight is 2070 g/mol. The summed E-state index contributed by atoms with van der Waals surface area (Å²) in [6.45, 7) is 13.5. The van der Waals surface area contributed by atoms with Gasteiger partial charge in [-0.2, -0.15) is 4.39 Å². The van der Waals surface area contributed by atoms with Gasteiger partial charge in [0.1, 0.15) is 75.3 Å². The van der Waals surface area contributed by atoms with E-state index in [1.165, 1.54) is 46.3 Å². The molecule has 8 heterocycles. The van der Waals surface area contributed by atoms with Crippen LogP contribution in [0.3, 0.4) is 0 Å². The fraction of sp³-hybridized carbons (Fsp3) is 0.302. The highest BCUT2D eigenvalue weighted by atomic mass is 35.5. The number of ether oxygens (including phenoxy) is 4. The van der Waals surface area contributed by atoms with Crippen LogP contribution in [0.25, 0.3) is 67.4 Å².